The second-order valence-corrected chi connectivity index (χ2v) is 8.19. The number of benzene rings is 2. The number of hydrogen-bond acceptors (Lipinski definition) is 3. The lowest BCUT2D eigenvalue weighted by molar-refractivity contribution is -0.137. The van der Waals surface area contributed by atoms with Gasteiger partial charge in [0, 0.05) is 30.9 Å². The number of nitrogens with one attached hydrogen (secondary N) is 1. The van der Waals surface area contributed by atoms with Crippen molar-refractivity contribution in [3.05, 3.63) is 65.0 Å². The highest BCUT2D eigenvalue weighted by molar-refractivity contribution is 7.17. The number of para-hydroxylation sites is 1. The minimum Gasteiger partial charge on any atom is -0.339 e. The molecule has 0 radical (unpaired) electrons. The molecule has 5 nitrogen and oxygen atoms in total. The molecule has 1 N–H and O–H groups in total. The molecule has 4 rings (SSSR count). The van der Waals surface area contributed by atoms with E-state index >= 15 is 0 Å². The molecule has 0 saturated carbocycles. The van der Waals surface area contributed by atoms with Crippen molar-refractivity contribution >= 4 is 39.0 Å². The van der Waals surface area contributed by atoms with E-state index in [1.165, 1.54) is 23.1 Å². The third-order valence-corrected chi connectivity index (χ3v) is 6.31. The Morgan fingerprint density at radius 2 is 1.58 bits per heavy atom. The van der Waals surface area contributed by atoms with Crippen LogP contribution >= 0.6 is 11.3 Å². The summed E-state index contributed by atoms with van der Waals surface area (Å²) in [5.74, 6) is -0.0222. The van der Waals surface area contributed by atoms with E-state index in [-0.39, 0.29) is 31.1 Å². The normalized spacial score (nSPS) is 14.7. The topological polar surface area (TPSA) is 52.7 Å². The number of alkyl halides is 3. The molecule has 1 aliphatic rings. The Hall–Kier alpha value is -3.07. The average molecular weight is 447 g/mol. The molecule has 31 heavy (non-hydrogen) atoms. The van der Waals surface area contributed by atoms with Gasteiger partial charge < -0.3 is 15.1 Å². The Bertz CT molecular complexity index is 1100. The lowest BCUT2D eigenvalue weighted by Crippen LogP contribution is -2.52. The average Bonchev–Trinajstić information content (AvgIpc) is 3.16. The summed E-state index contributed by atoms with van der Waals surface area (Å²) in [7, 11) is 0. The maximum Gasteiger partial charge on any atom is 0.418 e. The number of carbonyl (C=O) groups is 2. The second kappa shape index (κ2) is 8.58. The van der Waals surface area contributed by atoms with E-state index in [0.29, 0.717) is 13.1 Å². The number of nitrogens with zero attached hydrogens (tertiary/aromatic N) is 2. The van der Waals surface area contributed by atoms with E-state index in [4.69, 9.17) is 0 Å². The van der Waals surface area contributed by atoms with Crippen molar-refractivity contribution in [2.24, 2.45) is 0 Å². The van der Waals surface area contributed by atoms with Crippen LogP contribution in [0.2, 0.25) is 0 Å². The standard InChI is InChI=1S/C22H20F3N3O2S/c23-22(24,25)17-6-2-3-7-18(17)26-21(30)28-11-9-27(10-12-28)20(29)13-15-14-31-19-8-4-1-5-16(15)19/h1-8,14H,9-13H2,(H,26,30). The molecule has 1 fully saturated rings. The van der Waals surface area contributed by atoms with Gasteiger partial charge in [0.1, 0.15) is 0 Å². The van der Waals surface area contributed by atoms with Gasteiger partial charge in [-0.2, -0.15) is 13.2 Å². The maximum absolute atomic E-state index is 13.1. The smallest absolute Gasteiger partial charge is 0.339 e. The number of thiophene rings is 1. The lowest BCUT2D eigenvalue weighted by atomic mass is 10.1. The van der Waals surface area contributed by atoms with E-state index in [2.05, 4.69) is 5.32 Å². The largest absolute Gasteiger partial charge is 0.418 e. The van der Waals surface area contributed by atoms with Crippen LogP contribution in [0.1, 0.15) is 11.1 Å². The molecule has 0 unspecified atom stereocenters. The Balaban J connectivity index is 1.34. The van der Waals surface area contributed by atoms with E-state index in [0.717, 1.165) is 21.7 Å². The molecule has 0 atom stereocenters. The Kier molecular flexibility index (Phi) is 5.86. The molecule has 0 bridgehead atoms. The van der Waals surface area contributed by atoms with E-state index in [9.17, 15) is 22.8 Å². The zero-order chi connectivity index (χ0) is 22.0. The monoisotopic (exact) mass is 447 g/mol. The molecule has 1 aromatic heterocycles. The third kappa shape index (κ3) is 4.66. The molecular formula is C22H20F3N3O2S. The van der Waals surface area contributed by atoms with Gasteiger partial charge in [-0.3, -0.25) is 4.79 Å². The van der Waals surface area contributed by atoms with Gasteiger partial charge in [0.15, 0.2) is 0 Å². The third-order valence-electron chi connectivity index (χ3n) is 5.30. The number of urea groups is 1. The van der Waals surface area contributed by atoms with Crippen molar-refractivity contribution in [1.29, 1.82) is 0 Å². The van der Waals surface area contributed by atoms with Crippen molar-refractivity contribution in [3.63, 3.8) is 0 Å². The zero-order valence-corrected chi connectivity index (χ0v) is 17.3. The summed E-state index contributed by atoms with van der Waals surface area (Å²) >= 11 is 1.60. The fourth-order valence-corrected chi connectivity index (χ4v) is 4.60. The van der Waals surface area contributed by atoms with E-state index < -0.39 is 17.8 Å². The number of rotatable bonds is 3. The molecule has 3 amide bonds. The van der Waals surface area contributed by atoms with Crippen LogP contribution in [0.5, 0.6) is 0 Å². The first kappa shape index (κ1) is 21.2. The molecule has 1 aliphatic heterocycles. The molecule has 3 aromatic rings. The number of halogens is 3. The minimum absolute atomic E-state index is 0.0222. The van der Waals surface area contributed by atoms with Gasteiger partial charge in [0.05, 0.1) is 17.7 Å². The van der Waals surface area contributed by atoms with Gasteiger partial charge >= 0.3 is 12.2 Å². The second-order valence-electron chi connectivity index (χ2n) is 7.28. The fraction of sp³-hybridized carbons (Fsp3) is 0.273. The minimum atomic E-state index is -4.55. The predicted octanol–water partition coefficient (Wildman–Crippen LogP) is 4.84. The quantitative estimate of drug-likeness (QED) is 0.625. The fourth-order valence-electron chi connectivity index (χ4n) is 3.64. The maximum atomic E-state index is 13.1. The summed E-state index contributed by atoms with van der Waals surface area (Å²) in [5.41, 5.74) is -0.183. The van der Waals surface area contributed by atoms with Crippen LogP contribution in [0.25, 0.3) is 10.1 Å². The number of anilines is 1. The van der Waals surface area contributed by atoms with Crippen molar-refractivity contribution in [1.82, 2.24) is 9.80 Å². The van der Waals surface area contributed by atoms with Gasteiger partial charge in [-0.1, -0.05) is 30.3 Å². The van der Waals surface area contributed by atoms with Gasteiger partial charge in [0.2, 0.25) is 5.91 Å². The molecule has 0 aliphatic carbocycles. The molecule has 2 heterocycles. The van der Waals surface area contributed by atoms with Crippen molar-refractivity contribution in [2.45, 2.75) is 12.6 Å². The van der Waals surface area contributed by atoms with Crippen molar-refractivity contribution in [3.8, 4) is 0 Å². The number of hydrogen-bond donors (Lipinski definition) is 1. The summed E-state index contributed by atoms with van der Waals surface area (Å²) in [5, 5.41) is 5.41. The first-order valence-corrected chi connectivity index (χ1v) is 10.7. The van der Waals surface area contributed by atoms with Gasteiger partial charge in [-0.05, 0) is 34.5 Å². The van der Waals surface area contributed by atoms with E-state index in [1.807, 2.05) is 29.6 Å². The Morgan fingerprint density at radius 3 is 2.32 bits per heavy atom. The van der Waals surface area contributed by atoms with Crippen LogP contribution in [0.3, 0.4) is 0 Å². The highest BCUT2D eigenvalue weighted by atomic mass is 32.1. The number of fused-ring (bicyclic) bond motifs is 1. The summed E-state index contributed by atoms with van der Waals surface area (Å²) in [6.07, 6.45) is -4.27. The van der Waals surface area contributed by atoms with Crippen molar-refractivity contribution < 1.29 is 22.8 Å². The Labute approximate surface area is 181 Å². The predicted molar refractivity (Wildman–Crippen MR) is 114 cm³/mol. The van der Waals surface area contributed by atoms with Crippen LogP contribution < -0.4 is 5.32 Å². The first-order valence-electron chi connectivity index (χ1n) is 9.78. The SMILES string of the molecule is O=C(Cc1csc2ccccc12)N1CCN(C(=O)Nc2ccccc2C(F)(F)F)CC1. The summed E-state index contributed by atoms with van der Waals surface area (Å²) in [6, 6.07) is 12.2. The molecule has 0 spiro atoms. The molecule has 9 heteroatoms. The first-order chi connectivity index (χ1) is 14.8. The molecule has 2 aromatic carbocycles. The van der Waals surface area contributed by atoms with Crippen LogP contribution in [0.15, 0.2) is 53.9 Å². The molecule has 1 saturated heterocycles. The zero-order valence-electron chi connectivity index (χ0n) is 16.5. The van der Waals surface area contributed by atoms with Crippen LogP contribution in [-0.2, 0) is 17.4 Å². The van der Waals surface area contributed by atoms with Gasteiger partial charge in [0.25, 0.3) is 0 Å². The number of piperazine rings is 1. The highest BCUT2D eigenvalue weighted by Gasteiger charge is 2.34. The van der Waals surface area contributed by atoms with Gasteiger partial charge in [-0.25, -0.2) is 4.79 Å². The van der Waals surface area contributed by atoms with Crippen LogP contribution in [0, 0.1) is 0 Å². The summed E-state index contributed by atoms with van der Waals surface area (Å²) < 4.78 is 40.5. The lowest BCUT2D eigenvalue weighted by Gasteiger charge is -2.35. The highest BCUT2D eigenvalue weighted by Crippen LogP contribution is 2.34. The molecular weight excluding hydrogens is 427 g/mol. The van der Waals surface area contributed by atoms with Crippen molar-refractivity contribution in [2.75, 3.05) is 31.5 Å². The van der Waals surface area contributed by atoms with E-state index in [1.54, 1.807) is 16.2 Å². The molecule has 162 valence electrons. The number of amides is 3. The van der Waals surface area contributed by atoms with Crippen LogP contribution in [0.4, 0.5) is 23.7 Å². The number of carbonyl (C=O) groups excluding carboxylic acids is 2. The summed E-state index contributed by atoms with van der Waals surface area (Å²) in [4.78, 5) is 28.3. The summed E-state index contributed by atoms with van der Waals surface area (Å²) in [6.45, 7) is 1.21. The van der Waals surface area contributed by atoms with Crippen LogP contribution in [-0.4, -0.2) is 47.9 Å². The Morgan fingerprint density at radius 1 is 0.935 bits per heavy atom. The van der Waals surface area contributed by atoms with Gasteiger partial charge in [-0.15, -0.1) is 11.3 Å².